The summed E-state index contributed by atoms with van der Waals surface area (Å²) in [5.74, 6) is -1.92. The number of carbonyl (C=O) groups excluding carboxylic acids is 1. The van der Waals surface area contributed by atoms with Gasteiger partial charge in [0.2, 0.25) is 0 Å². The zero-order valence-corrected chi connectivity index (χ0v) is 12.3. The highest BCUT2D eigenvalue weighted by molar-refractivity contribution is 6.03. The van der Waals surface area contributed by atoms with Crippen molar-refractivity contribution in [2.45, 2.75) is 6.92 Å². The van der Waals surface area contributed by atoms with E-state index >= 15 is 0 Å². The molecule has 0 fully saturated rings. The first kappa shape index (κ1) is 16.0. The second-order valence-corrected chi connectivity index (χ2v) is 4.79. The van der Waals surface area contributed by atoms with Crippen LogP contribution >= 0.6 is 0 Å². The minimum absolute atomic E-state index is 0.0165. The van der Waals surface area contributed by atoms with Gasteiger partial charge < -0.3 is 15.9 Å². The number of nitrogens with two attached hydrogens (primary N) is 1. The number of phenols is 1. The van der Waals surface area contributed by atoms with E-state index in [-0.39, 0.29) is 16.9 Å². The van der Waals surface area contributed by atoms with E-state index in [0.717, 1.165) is 0 Å². The van der Waals surface area contributed by atoms with Gasteiger partial charge in [-0.05, 0) is 55.0 Å². The Hall–Kier alpha value is -3.35. The van der Waals surface area contributed by atoms with Crippen molar-refractivity contribution < 1.29 is 19.8 Å². The molecular formula is C16H15N3O4. The summed E-state index contributed by atoms with van der Waals surface area (Å²) < 4.78 is 0. The highest BCUT2D eigenvalue weighted by atomic mass is 16.4. The molecule has 5 N–H and O–H groups in total. The fourth-order valence-corrected chi connectivity index (χ4v) is 1.86. The average molecular weight is 313 g/mol. The van der Waals surface area contributed by atoms with Crippen LogP contribution in [-0.2, 0) is 0 Å². The van der Waals surface area contributed by atoms with E-state index in [1.54, 1.807) is 25.1 Å². The molecule has 0 heterocycles. The van der Waals surface area contributed by atoms with Crippen LogP contribution < -0.4 is 11.2 Å². The number of carbonyl (C=O) groups is 2. The molecule has 0 unspecified atom stereocenters. The van der Waals surface area contributed by atoms with Crippen LogP contribution in [0.25, 0.3) is 0 Å². The first-order valence-electron chi connectivity index (χ1n) is 6.65. The van der Waals surface area contributed by atoms with Crippen LogP contribution in [0.1, 0.15) is 33.2 Å². The lowest BCUT2D eigenvalue weighted by Crippen LogP contribution is -2.12. The SMILES string of the molecule is CC(=NNc1ccc(C(=O)O)cc1)c1ccc(O)c(C(N)=O)c1. The quantitative estimate of drug-likeness (QED) is 0.496. The molecular weight excluding hydrogens is 298 g/mol. The number of amides is 1. The van der Waals surface area contributed by atoms with Crippen molar-refractivity contribution >= 4 is 23.3 Å². The summed E-state index contributed by atoms with van der Waals surface area (Å²) in [4.78, 5) is 22.0. The van der Waals surface area contributed by atoms with Crippen LogP contribution in [0.4, 0.5) is 5.69 Å². The number of primary amides is 1. The Balaban J connectivity index is 2.18. The van der Waals surface area contributed by atoms with Crippen LogP contribution in [0, 0.1) is 0 Å². The maximum Gasteiger partial charge on any atom is 0.335 e. The van der Waals surface area contributed by atoms with E-state index in [1.807, 2.05) is 0 Å². The number of benzene rings is 2. The molecule has 2 aromatic rings. The first-order valence-corrected chi connectivity index (χ1v) is 6.65. The lowest BCUT2D eigenvalue weighted by atomic mass is 10.1. The lowest BCUT2D eigenvalue weighted by molar-refractivity contribution is 0.0696. The number of anilines is 1. The zero-order valence-electron chi connectivity index (χ0n) is 12.3. The van der Waals surface area contributed by atoms with Gasteiger partial charge in [-0.1, -0.05) is 0 Å². The summed E-state index contributed by atoms with van der Waals surface area (Å²) in [5.41, 5.74) is 9.97. The predicted octanol–water partition coefficient (Wildman–Crippen LogP) is 2.03. The number of carboxylic acid groups (broad SMARTS) is 1. The Bertz CT molecular complexity index is 782. The van der Waals surface area contributed by atoms with Crippen molar-refractivity contribution in [3.63, 3.8) is 0 Å². The van der Waals surface area contributed by atoms with Gasteiger partial charge >= 0.3 is 5.97 Å². The summed E-state index contributed by atoms with van der Waals surface area (Å²) in [6, 6.07) is 10.5. The van der Waals surface area contributed by atoms with Crippen molar-refractivity contribution in [2.75, 3.05) is 5.43 Å². The van der Waals surface area contributed by atoms with E-state index in [9.17, 15) is 14.7 Å². The molecule has 0 aromatic heterocycles. The van der Waals surface area contributed by atoms with E-state index in [0.29, 0.717) is 17.0 Å². The molecule has 0 radical (unpaired) electrons. The number of hydrazone groups is 1. The number of rotatable bonds is 5. The number of hydrogen-bond donors (Lipinski definition) is 4. The Morgan fingerprint density at radius 1 is 1.09 bits per heavy atom. The Morgan fingerprint density at radius 3 is 2.26 bits per heavy atom. The molecule has 7 nitrogen and oxygen atoms in total. The second-order valence-electron chi connectivity index (χ2n) is 4.79. The number of carboxylic acids is 1. The third kappa shape index (κ3) is 3.85. The molecule has 0 saturated heterocycles. The van der Waals surface area contributed by atoms with Crippen molar-refractivity contribution in [1.82, 2.24) is 0 Å². The summed E-state index contributed by atoms with van der Waals surface area (Å²) in [6.45, 7) is 1.72. The number of aromatic carboxylic acids is 1. The highest BCUT2D eigenvalue weighted by Crippen LogP contribution is 2.18. The van der Waals surface area contributed by atoms with Gasteiger partial charge in [-0.15, -0.1) is 0 Å². The Labute approximate surface area is 132 Å². The van der Waals surface area contributed by atoms with Crippen LogP contribution in [0.5, 0.6) is 5.75 Å². The molecule has 0 atom stereocenters. The van der Waals surface area contributed by atoms with Gasteiger partial charge in [0.25, 0.3) is 5.91 Å². The lowest BCUT2D eigenvalue weighted by Gasteiger charge is -2.06. The summed E-state index contributed by atoms with van der Waals surface area (Å²) in [5, 5.41) is 22.5. The maximum atomic E-state index is 11.2. The van der Waals surface area contributed by atoms with Crippen molar-refractivity contribution in [3.05, 3.63) is 59.2 Å². The van der Waals surface area contributed by atoms with Crippen molar-refractivity contribution in [1.29, 1.82) is 0 Å². The third-order valence-electron chi connectivity index (χ3n) is 3.16. The monoisotopic (exact) mass is 313 g/mol. The molecule has 0 aliphatic carbocycles. The maximum absolute atomic E-state index is 11.2. The van der Waals surface area contributed by atoms with E-state index in [2.05, 4.69) is 10.5 Å². The minimum atomic E-state index is -1.00. The second kappa shape index (κ2) is 6.61. The van der Waals surface area contributed by atoms with Crippen LogP contribution in [0.3, 0.4) is 0 Å². The van der Waals surface area contributed by atoms with Crippen molar-refractivity contribution in [3.8, 4) is 5.75 Å². The van der Waals surface area contributed by atoms with Gasteiger partial charge in [0.15, 0.2) is 0 Å². The molecule has 118 valence electrons. The molecule has 7 heteroatoms. The smallest absolute Gasteiger partial charge is 0.335 e. The molecule has 0 saturated carbocycles. The number of nitrogens with one attached hydrogen (secondary N) is 1. The van der Waals surface area contributed by atoms with Crippen LogP contribution in [0.15, 0.2) is 47.6 Å². The standard InChI is InChI=1S/C16H15N3O4/c1-9(11-4-7-14(20)13(8-11)15(17)21)18-19-12-5-2-10(3-6-12)16(22)23/h2-8,19-20H,1H3,(H2,17,21)(H,22,23). The molecule has 23 heavy (non-hydrogen) atoms. The number of nitrogens with zero attached hydrogens (tertiary/aromatic N) is 1. The fraction of sp³-hybridized carbons (Fsp3) is 0.0625. The number of hydrogen-bond acceptors (Lipinski definition) is 5. The summed E-state index contributed by atoms with van der Waals surface area (Å²) in [7, 11) is 0. The summed E-state index contributed by atoms with van der Waals surface area (Å²) >= 11 is 0. The Morgan fingerprint density at radius 2 is 1.70 bits per heavy atom. The molecule has 0 aliphatic rings. The third-order valence-corrected chi connectivity index (χ3v) is 3.16. The van der Waals surface area contributed by atoms with E-state index < -0.39 is 11.9 Å². The predicted molar refractivity (Wildman–Crippen MR) is 85.9 cm³/mol. The van der Waals surface area contributed by atoms with Crippen LogP contribution in [0.2, 0.25) is 0 Å². The van der Waals surface area contributed by atoms with Gasteiger partial charge in [-0.25, -0.2) is 4.79 Å². The topological polar surface area (TPSA) is 125 Å². The highest BCUT2D eigenvalue weighted by Gasteiger charge is 2.09. The van der Waals surface area contributed by atoms with E-state index in [1.165, 1.54) is 24.3 Å². The van der Waals surface area contributed by atoms with Gasteiger partial charge in [0, 0.05) is 0 Å². The first-order chi connectivity index (χ1) is 10.9. The average Bonchev–Trinajstić information content (AvgIpc) is 2.53. The Kier molecular flexibility index (Phi) is 4.61. The molecule has 0 spiro atoms. The molecule has 2 aromatic carbocycles. The van der Waals surface area contributed by atoms with Crippen molar-refractivity contribution in [2.24, 2.45) is 10.8 Å². The minimum Gasteiger partial charge on any atom is -0.507 e. The van der Waals surface area contributed by atoms with E-state index in [4.69, 9.17) is 10.8 Å². The van der Waals surface area contributed by atoms with Crippen LogP contribution in [-0.4, -0.2) is 27.8 Å². The van der Waals surface area contributed by atoms with Gasteiger partial charge in [-0.3, -0.25) is 10.2 Å². The van der Waals surface area contributed by atoms with Gasteiger partial charge in [0.1, 0.15) is 5.75 Å². The molecule has 1 amide bonds. The van der Waals surface area contributed by atoms with Gasteiger partial charge in [0.05, 0.1) is 22.5 Å². The molecule has 2 rings (SSSR count). The zero-order chi connectivity index (χ0) is 17.0. The molecule has 0 aliphatic heterocycles. The molecule has 0 bridgehead atoms. The fourth-order valence-electron chi connectivity index (χ4n) is 1.86. The number of aromatic hydroxyl groups is 1. The normalized spacial score (nSPS) is 11.1. The summed E-state index contributed by atoms with van der Waals surface area (Å²) in [6.07, 6.45) is 0. The largest absolute Gasteiger partial charge is 0.507 e. The van der Waals surface area contributed by atoms with Gasteiger partial charge in [-0.2, -0.15) is 5.10 Å².